The van der Waals surface area contributed by atoms with Crippen LogP contribution in [0.15, 0.2) is 0 Å². The second-order valence-electron chi connectivity index (χ2n) is 8.52. The third-order valence-corrected chi connectivity index (χ3v) is 7.03. The molecular formula is C23H47NaO4S. The molecule has 0 bridgehead atoms. The Morgan fingerprint density at radius 3 is 1.34 bits per heavy atom. The summed E-state index contributed by atoms with van der Waals surface area (Å²) in [7, 11) is -4.18. The summed E-state index contributed by atoms with van der Waals surface area (Å²) >= 11 is 0. The molecule has 29 heavy (non-hydrogen) atoms. The number of hydrogen-bond acceptors (Lipinski definition) is 4. The van der Waals surface area contributed by atoms with Gasteiger partial charge >= 0.3 is 29.6 Å². The first-order valence-electron chi connectivity index (χ1n) is 12.0. The molecule has 0 aromatic heterocycles. The van der Waals surface area contributed by atoms with Gasteiger partial charge in [-0.3, -0.25) is 0 Å². The van der Waals surface area contributed by atoms with Crippen molar-refractivity contribution in [2.75, 3.05) is 0 Å². The van der Waals surface area contributed by atoms with Gasteiger partial charge in [-0.1, -0.05) is 110 Å². The molecule has 0 aromatic rings. The molecule has 0 aliphatic heterocycles. The fourth-order valence-corrected chi connectivity index (χ4v) is 4.73. The zero-order valence-corrected chi connectivity index (χ0v) is 22.5. The molecule has 0 rings (SSSR count). The summed E-state index contributed by atoms with van der Waals surface area (Å²) in [5, 5.41) is 9.36. The van der Waals surface area contributed by atoms with Gasteiger partial charge in [0.05, 0.1) is 16.2 Å². The third kappa shape index (κ3) is 21.9. The van der Waals surface area contributed by atoms with Gasteiger partial charge in [-0.2, -0.15) is 0 Å². The van der Waals surface area contributed by atoms with Crippen LogP contribution in [0.4, 0.5) is 0 Å². The second-order valence-corrected chi connectivity index (χ2v) is 10.2. The standard InChI is InChI=1S/C23H48O4S.Na/c1-3-5-7-9-10-11-12-14-18-22(24)19-15-13-17-21-23(28(25,26)27)20-16-8-6-4-2;/h22-24H,3-21H2,1-2H3,(H,25,26,27);/q;+1/p-1. The predicted octanol–water partition coefficient (Wildman–Crippen LogP) is 3.72. The summed E-state index contributed by atoms with van der Waals surface area (Å²) in [5.41, 5.74) is 0. The van der Waals surface area contributed by atoms with Crippen LogP contribution in [0.2, 0.25) is 0 Å². The van der Waals surface area contributed by atoms with E-state index < -0.39 is 15.4 Å². The number of rotatable bonds is 21. The summed E-state index contributed by atoms with van der Waals surface area (Å²) in [6, 6.07) is 0. The molecule has 2 unspecified atom stereocenters. The minimum Gasteiger partial charge on any atom is -0.748 e. The zero-order valence-electron chi connectivity index (χ0n) is 19.7. The Morgan fingerprint density at radius 1 is 0.621 bits per heavy atom. The number of aliphatic hydroxyl groups is 1. The van der Waals surface area contributed by atoms with Crippen LogP contribution < -0.4 is 29.6 Å². The maximum Gasteiger partial charge on any atom is 1.00 e. The van der Waals surface area contributed by atoms with E-state index in [-0.39, 0.29) is 35.7 Å². The molecule has 6 heteroatoms. The number of unbranched alkanes of at least 4 members (excludes halogenated alkanes) is 12. The number of hydrogen-bond donors (Lipinski definition) is 1. The van der Waals surface area contributed by atoms with Crippen molar-refractivity contribution < 1.29 is 47.6 Å². The Labute approximate surface area is 204 Å². The smallest absolute Gasteiger partial charge is 0.748 e. The van der Waals surface area contributed by atoms with Gasteiger partial charge in [-0.25, -0.2) is 8.42 Å². The summed E-state index contributed by atoms with van der Waals surface area (Å²) in [6.07, 6.45) is 19.3. The monoisotopic (exact) mass is 442 g/mol. The van der Waals surface area contributed by atoms with Crippen molar-refractivity contribution in [1.82, 2.24) is 0 Å². The normalized spacial score (nSPS) is 13.8. The van der Waals surface area contributed by atoms with E-state index in [1.807, 2.05) is 0 Å². The average Bonchev–Trinajstić information content (AvgIpc) is 2.64. The van der Waals surface area contributed by atoms with Crippen LogP contribution in [0.25, 0.3) is 0 Å². The van der Waals surface area contributed by atoms with E-state index >= 15 is 0 Å². The minimum atomic E-state index is -4.18. The van der Waals surface area contributed by atoms with E-state index in [9.17, 15) is 18.1 Å². The van der Waals surface area contributed by atoms with Crippen molar-refractivity contribution in [3.8, 4) is 0 Å². The van der Waals surface area contributed by atoms with Crippen LogP contribution in [0.5, 0.6) is 0 Å². The van der Waals surface area contributed by atoms with Crippen molar-refractivity contribution >= 4 is 10.1 Å². The Hall–Kier alpha value is 0.870. The SMILES string of the molecule is CCCCCCCCCCC(O)CCCCCC(CCCCCC)S(=O)(=O)[O-].[Na+]. The first-order chi connectivity index (χ1) is 13.4. The topological polar surface area (TPSA) is 77.4 Å². The molecule has 0 amide bonds. The van der Waals surface area contributed by atoms with Crippen LogP contribution in [-0.4, -0.2) is 29.4 Å². The van der Waals surface area contributed by atoms with Crippen LogP contribution in [0, 0.1) is 0 Å². The number of aliphatic hydroxyl groups excluding tert-OH is 1. The third-order valence-electron chi connectivity index (χ3n) is 5.74. The van der Waals surface area contributed by atoms with E-state index in [2.05, 4.69) is 13.8 Å². The van der Waals surface area contributed by atoms with Crippen molar-refractivity contribution in [1.29, 1.82) is 0 Å². The molecule has 0 radical (unpaired) electrons. The largest absolute Gasteiger partial charge is 1.00 e. The Morgan fingerprint density at radius 2 is 0.931 bits per heavy atom. The van der Waals surface area contributed by atoms with Gasteiger partial charge in [0.15, 0.2) is 0 Å². The molecule has 1 N–H and O–H groups in total. The van der Waals surface area contributed by atoms with E-state index in [4.69, 9.17) is 0 Å². The van der Waals surface area contributed by atoms with Crippen LogP contribution >= 0.6 is 0 Å². The van der Waals surface area contributed by atoms with Gasteiger partial charge in [0.2, 0.25) is 0 Å². The second kappa shape index (κ2) is 22.1. The van der Waals surface area contributed by atoms with Crippen molar-refractivity contribution in [3.63, 3.8) is 0 Å². The molecular weight excluding hydrogens is 395 g/mol. The molecule has 0 aromatic carbocycles. The maximum absolute atomic E-state index is 11.4. The van der Waals surface area contributed by atoms with Gasteiger partial charge in [0, 0.05) is 5.25 Å². The Bertz CT molecular complexity index is 429. The molecule has 0 fully saturated rings. The predicted molar refractivity (Wildman–Crippen MR) is 119 cm³/mol. The molecule has 0 saturated heterocycles. The molecule has 170 valence electrons. The van der Waals surface area contributed by atoms with Crippen LogP contribution in [0.1, 0.15) is 136 Å². The van der Waals surface area contributed by atoms with E-state index in [1.54, 1.807) is 0 Å². The van der Waals surface area contributed by atoms with E-state index in [0.717, 1.165) is 64.2 Å². The first-order valence-corrected chi connectivity index (χ1v) is 13.5. The zero-order chi connectivity index (χ0) is 21.1. The molecule has 0 spiro atoms. The van der Waals surface area contributed by atoms with Gasteiger partial charge in [0.1, 0.15) is 0 Å². The minimum absolute atomic E-state index is 0. The summed E-state index contributed by atoms with van der Waals surface area (Å²) in [6.45, 7) is 4.35. The fraction of sp³-hybridized carbons (Fsp3) is 1.00. The Balaban J connectivity index is 0. The molecule has 0 saturated carbocycles. The van der Waals surface area contributed by atoms with E-state index in [1.165, 1.54) is 44.9 Å². The van der Waals surface area contributed by atoms with Gasteiger partial charge in [-0.15, -0.1) is 0 Å². The van der Waals surface area contributed by atoms with Gasteiger partial charge in [-0.05, 0) is 25.7 Å². The summed E-state index contributed by atoms with van der Waals surface area (Å²) < 4.78 is 34.2. The van der Waals surface area contributed by atoms with Crippen molar-refractivity contribution in [2.45, 2.75) is 147 Å². The molecule has 0 heterocycles. The molecule has 2 atom stereocenters. The fourth-order valence-electron chi connectivity index (χ4n) is 3.82. The quantitative estimate of drug-likeness (QED) is 0.167. The van der Waals surface area contributed by atoms with E-state index in [0.29, 0.717) is 12.8 Å². The maximum atomic E-state index is 11.4. The van der Waals surface area contributed by atoms with Crippen LogP contribution in [-0.2, 0) is 10.1 Å². The van der Waals surface area contributed by atoms with Crippen LogP contribution in [0.3, 0.4) is 0 Å². The van der Waals surface area contributed by atoms with Gasteiger partial charge in [0.25, 0.3) is 0 Å². The molecule has 0 aliphatic rings. The summed E-state index contributed by atoms with van der Waals surface area (Å²) in [5.74, 6) is 0. The van der Waals surface area contributed by atoms with Gasteiger partial charge < -0.3 is 9.66 Å². The average molecular weight is 443 g/mol. The van der Waals surface area contributed by atoms with Crippen molar-refractivity contribution in [3.05, 3.63) is 0 Å². The molecule has 0 aliphatic carbocycles. The first kappa shape index (κ1) is 32.1. The summed E-state index contributed by atoms with van der Waals surface area (Å²) in [4.78, 5) is 0. The molecule has 4 nitrogen and oxygen atoms in total. The van der Waals surface area contributed by atoms with Crippen molar-refractivity contribution in [2.24, 2.45) is 0 Å². The Kier molecular flexibility index (Phi) is 24.4.